The van der Waals surface area contributed by atoms with Gasteiger partial charge in [0.1, 0.15) is 0 Å². The molecule has 0 spiro atoms. The summed E-state index contributed by atoms with van der Waals surface area (Å²) < 4.78 is 7.16. The van der Waals surface area contributed by atoms with Gasteiger partial charge in [0.05, 0.1) is 11.9 Å². The smallest absolute Gasteiger partial charge is 0.0738 e. The van der Waals surface area contributed by atoms with Crippen molar-refractivity contribution in [3.63, 3.8) is 0 Å². The molecule has 0 bridgehead atoms. The summed E-state index contributed by atoms with van der Waals surface area (Å²) in [5.41, 5.74) is 1.31. The van der Waals surface area contributed by atoms with E-state index in [1.165, 1.54) is 0 Å². The minimum absolute atomic E-state index is 0.197. The molecule has 1 N–H and O–H groups in total. The molecular formula is C10H18N4O. The molecule has 1 aliphatic rings. The number of aryl methyl sites for hydroxylation is 1. The van der Waals surface area contributed by atoms with Crippen LogP contribution in [0.3, 0.4) is 0 Å². The highest BCUT2D eigenvalue weighted by molar-refractivity contribution is 4.95. The molecule has 0 unspecified atom stereocenters. The fourth-order valence-electron chi connectivity index (χ4n) is 1.77. The van der Waals surface area contributed by atoms with Crippen LogP contribution in [0.5, 0.6) is 0 Å². The van der Waals surface area contributed by atoms with Gasteiger partial charge in [0.15, 0.2) is 0 Å². The molecule has 15 heavy (non-hydrogen) atoms. The first-order valence-electron chi connectivity index (χ1n) is 5.36. The fourth-order valence-corrected chi connectivity index (χ4v) is 1.77. The Labute approximate surface area is 89.8 Å². The van der Waals surface area contributed by atoms with Gasteiger partial charge in [-0.25, -0.2) is 0 Å². The van der Waals surface area contributed by atoms with Gasteiger partial charge in [-0.1, -0.05) is 5.21 Å². The lowest BCUT2D eigenvalue weighted by Crippen LogP contribution is -2.46. The maximum Gasteiger partial charge on any atom is 0.0738 e. The van der Waals surface area contributed by atoms with E-state index in [1.807, 2.05) is 7.05 Å². The highest BCUT2D eigenvalue weighted by Crippen LogP contribution is 2.19. The number of rotatable bonds is 3. The van der Waals surface area contributed by atoms with Crippen molar-refractivity contribution in [2.75, 3.05) is 13.2 Å². The van der Waals surface area contributed by atoms with E-state index in [9.17, 15) is 0 Å². The van der Waals surface area contributed by atoms with Crippen molar-refractivity contribution in [3.05, 3.63) is 11.9 Å². The van der Waals surface area contributed by atoms with Crippen LogP contribution in [-0.4, -0.2) is 33.7 Å². The van der Waals surface area contributed by atoms with Gasteiger partial charge in [0, 0.05) is 32.3 Å². The summed E-state index contributed by atoms with van der Waals surface area (Å²) >= 11 is 0. The Morgan fingerprint density at radius 1 is 1.53 bits per heavy atom. The first-order chi connectivity index (χ1) is 7.20. The molecule has 1 aromatic rings. The monoisotopic (exact) mass is 210 g/mol. The zero-order valence-electron chi connectivity index (χ0n) is 9.36. The van der Waals surface area contributed by atoms with Crippen LogP contribution in [-0.2, 0) is 18.3 Å². The average Bonchev–Trinajstić information content (AvgIpc) is 2.62. The van der Waals surface area contributed by atoms with Gasteiger partial charge in [-0.15, -0.1) is 5.10 Å². The van der Waals surface area contributed by atoms with E-state index in [0.717, 1.165) is 38.3 Å². The standard InChI is InChI=1S/C10H18N4O/c1-10(3-5-15-6-4-10)11-7-9-8-12-13-14(9)2/h8,11H,3-7H2,1-2H3. The van der Waals surface area contributed by atoms with Crippen molar-refractivity contribution in [2.45, 2.75) is 31.8 Å². The fraction of sp³-hybridized carbons (Fsp3) is 0.800. The van der Waals surface area contributed by atoms with Gasteiger partial charge < -0.3 is 10.1 Å². The molecule has 0 amide bonds. The lowest BCUT2D eigenvalue weighted by atomic mass is 9.92. The summed E-state index contributed by atoms with van der Waals surface area (Å²) in [7, 11) is 1.91. The quantitative estimate of drug-likeness (QED) is 0.788. The average molecular weight is 210 g/mol. The predicted molar refractivity (Wildman–Crippen MR) is 56.3 cm³/mol. The Kier molecular flexibility index (Phi) is 3.02. The van der Waals surface area contributed by atoms with Crippen LogP contribution in [0.15, 0.2) is 6.20 Å². The first-order valence-corrected chi connectivity index (χ1v) is 5.36. The Morgan fingerprint density at radius 3 is 2.87 bits per heavy atom. The minimum Gasteiger partial charge on any atom is -0.381 e. The molecule has 1 aromatic heterocycles. The maximum atomic E-state index is 5.36. The van der Waals surface area contributed by atoms with Crippen LogP contribution in [0.25, 0.3) is 0 Å². The topological polar surface area (TPSA) is 52.0 Å². The summed E-state index contributed by atoms with van der Waals surface area (Å²) in [4.78, 5) is 0. The minimum atomic E-state index is 0.197. The van der Waals surface area contributed by atoms with Crippen molar-refractivity contribution in [2.24, 2.45) is 7.05 Å². The van der Waals surface area contributed by atoms with Crippen molar-refractivity contribution >= 4 is 0 Å². The van der Waals surface area contributed by atoms with Crippen LogP contribution in [0.2, 0.25) is 0 Å². The third-order valence-corrected chi connectivity index (χ3v) is 3.10. The van der Waals surface area contributed by atoms with Crippen molar-refractivity contribution in [1.29, 1.82) is 0 Å². The number of aromatic nitrogens is 3. The molecule has 0 radical (unpaired) electrons. The molecule has 0 atom stereocenters. The second kappa shape index (κ2) is 4.28. The van der Waals surface area contributed by atoms with Crippen LogP contribution in [0, 0.1) is 0 Å². The van der Waals surface area contributed by atoms with Crippen LogP contribution in [0.4, 0.5) is 0 Å². The molecule has 1 aliphatic heterocycles. The van der Waals surface area contributed by atoms with E-state index in [-0.39, 0.29) is 5.54 Å². The summed E-state index contributed by atoms with van der Waals surface area (Å²) in [6, 6.07) is 0. The third kappa shape index (κ3) is 2.54. The van der Waals surface area contributed by atoms with Crippen molar-refractivity contribution < 1.29 is 4.74 Å². The van der Waals surface area contributed by atoms with E-state index < -0.39 is 0 Å². The molecule has 2 heterocycles. The number of hydrogen-bond acceptors (Lipinski definition) is 4. The van der Waals surface area contributed by atoms with Gasteiger partial charge in [-0.2, -0.15) is 0 Å². The second-order valence-electron chi connectivity index (χ2n) is 4.38. The predicted octanol–water partition coefficient (Wildman–Crippen LogP) is 0.474. The first kappa shape index (κ1) is 10.6. The summed E-state index contributed by atoms with van der Waals surface area (Å²) in [6.07, 6.45) is 3.94. The zero-order chi connectivity index (χ0) is 10.7. The highest BCUT2D eigenvalue weighted by Gasteiger charge is 2.26. The molecule has 1 saturated heterocycles. The Morgan fingerprint density at radius 2 is 2.27 bits per heavy atom. The Hall–Kier alpha value is -0.940. The Bertz CT molecular complexity index is 317. The molecule has 5 heteroatoms. The number of hydrogen-bond donors (Lipinski definition) is 1. The summed E-state index contributed by atoms with van der Waals surface area (Å²) in [5.74, 6) is 0. The Balaban J connectivity index is 1.89. The molecule has 0 aromatic carbocycles. The molecule has 5 nitrogen and oxygen atoms in total. The zero-order valence-corrected chi connectivity index (χ0v) is 9.36. The van der Waals surface area contributed by atoms with Crippen molar-refractivity contribution in [3.8, 4) is 0 Å². The van der Waals surface area contributed by atoms with Gasteiger partial charge in [0.25, 0.3) is 0 Å². The largest absolute Gasteiger partial charge is 0.381 e. The van der Waals surface area contributed by atoms with Gasteiger partial charge in [0.2, 0.25) is 0 Å². The molecule has 0 aliphatic carbocycles. The van der Waals surface area contributed by atoms with E-state index in [0.29, 0.717) is 0 Å². The number of ether oxygens (including phenoxy) is 1. The maximum absolute atomic E-state index is 5.36. The highest BCUT2D eigenvalue weighted by atomic mass is 16.5. The van der Waals surface area contributed by atoms with Crippen LogP contribution >= 0.6 is 0 Å². The molecule has 0 saturated carbocycles. The molecule has 2 rings (SSSR count). The summed E-state index contributed by atoms with van der Waals surface area (Å²) in [6.45, 7) is 4.78. The lowest BCUT2D eigenvalue weighted by Gasteiger charge is -2.34. The van der Waals surface area contributed by atoms with Crippen LogP contribution < -0.4 is 5.32 Å². The van der Waals surface area contributed by atoms with E-state index in [1.54, 1.807) is 10.9 Å². The molecule has 84 valence electrons. The number of nitrogens with one attached hydrogen (secondary N) is 1. The second-order valence-corrected chi connectivity index (χ2v) is 4.38. The van der Waals surface area contributed by atoms with Crippen LogP contribution in [0.1, 0.15) is 25.5 Å². The molecular weight excluding hydrogens is 192 g/mol. The molecule has 1 fully saturated rings. The summed E-state index contributed by atoms with van der Waals surface area (Å²) in [5, 5.41) is 11.3. The van der Waals surface area contributed by atoms with E-state index >= 15 is 0 Å². The van der Waals surface area contributed by atoms with Gasteiger partial charge in [-0.3, -0.25) is 4.68 Å². The van der Waals surface area contributed by atoms with Gasteiger partial charge in [-0.05, 0) is 19.8 Å². The lowest BCUT2D eigenvalue weighted by molar-refractivity contribution is 0.0444. The van der Waals surface area contributed by atoms with E-state index in [2.05, 4.69) is 22.6 Å². The SMILES string of the molecule is Cn1nncc1CNC1(C)CCOCC1. The number of nitrogens with zero attached hydrogens (tertiary/aromatic N) is 3. The third-order valence-electron chi connectivity index (χ3n) is 3.10. The normalized spacial score (nSPS) is 20.4. The van der Waals surface area contributed by atoms with Crippen molar-refractivity contribution in [1.82, 2.24) is 20.3 Å². The van der Waals surface area contributed by atoms with Gasteiger partial charge >= 0.3 is 0 Å². The van der Waals surface area contributed by atoms with E-state index in [4.69, 9.17) is 4.74 Å².